The molecule has 41 heavy (non-hydrogen) atoms. The van der Waals surface area contributed by atoms with Crippen LogP contribution in [0.1, 0.15) is 80.3 Å². The highest BCUT2D eigenvalue weighted by molar-refractivity contribution is 5.94. The van der Waals surface area contributed by atoms with Gasteiger partial charge in [0.2, 0.25) is 5.91 Å². The number of hydrogen-bond donors (Lipinski definition) is 2. The van der Waals surface area contributed by atoms with Crippen molar-refractivity contribution in [3.05, 3.63) is 82.9 Å². The second kappa shape index (κ2) is 11.1. The second-order valence-electron chi connectivity index (χ2n) is 12.9. The summed E-state index contributed by atoms with van der Waals surface area (Å²) < 4.78 is 0. The molecule has 2 aliphatic heterocycles. The fourth-order valence-electron chi connectivity index (χ4n) is 7.19. The number of carbonyl (C=O) groups is 1. The van der Waals surface area contributed by atoms with Crippen molar-refractivity contribution in [2.24, 2.45) is 0 Å². The van der Waals surface area contributed by atoms with Gasteiger partial charge in [0.1, 0.15) is 0 Å². The topological polar surface area (TPSA) is 73.9 Å². The van der Waals surface area contributed by atoms with Gasteiger partial charge in [-0.05, 0) is 119 Å². The highest BCUT2D eigenvalue weighted by Crippen LogP contribution is 2.42. The van der Waals surface area contributed by atoms with E-state index in [0.717, 1.165) is 67.5 Å². The molecule has 1 amide bonds. The number of H-pyrrole nitrogens is 1. The van der Waals surface area contributed by atoms with Crippen molar-refractivity contribution in [3.8, 4) is 11.3 Å². The summed E-state index contributed by atoms with van der Waals surface area (Å²) >= 11 is 0. The Balaban J connectivity index is 1.34. The molecule has 6 heteroatoms. The van der Waals surface area contributed by atoms with Gasteiger partial charge in [-0.1, -0.05) is 24.1 Å². The zero-order chi connectivity index (χ0) is 28.7. The first-order valence-corrected chi connectivity index (χ1v) is 15.3. The molecule has 0 unspecified atom stereocenters. The molecule has 1 aromatic carbocycles. The molecule has 3 aromatic heterocycles. The van der Waals surface area contributed by atoms with Crippen molar-refractivity contribution in [1.82, 2.24) is 25.2 Å². The van der Waals surface area contributed by atoms with E-state index < -0.39 is 5.41 Å². The normalized spacial score (nSPS) is 19.3. The highest BCUT2D eigenvalue weighted by atomic mass is 16.2. The number of aryl methyl sites for hydroxylation is 2. The fourth-order valence-corrected chi connectivity index (χ4v) is 7.19. The zero-order valence-corrected chi connectivity index (χ0v) is 25.1. The number of hydrogen-bond acceptors (Lipinski definition) is 4. The fraction of sp³-hybridized carbons (Fsp3) is 0.457. The van der Waals surface area contributed by atoms with Crippen LogP contribution >= 0.6 is 0 Å². The van der Waals surface area contributed by atoms with Crippen LogP contribution in [0.3, 0.4) is 0 Å². The van der Waals surface area contributed by atoms with Crippen molar-refractivity contribution in [1.29, 1.82) is 0 Å². The van der Waals surface area contributed by atoms with Crippen LogP contribution < -0.4 is 5.32 Å². The number of nitrogens with zero attached hydrogens (tertiary/aromatic N) is 3. The van der Waals surface area contributed by atoms with Gasteiger partial charge in [-0.2, -0.15) is 0 Å². The lowest BCUT2D eigenvalue weighted by atomic mass is 9.85. The van der Waals surface area contributed by atoms with E-state index in [1.165, 1.54) is 27.8 Å². The number of aromatic amines is 1. The number of pyridine rings is 2. The van der Waals surface area contributed by atoms with Gasteiger partial charge >= 0.3 is 0 Å². The molecule has 6 rings (SSSR count). The van der Waals surface area contributed by atoms with Crippen molar-refractivity contribution >= 4 is 16.8 Å². The summed E-state index contributed by atoms with van der Waals surface area (Å²) in [6.07, 6.45) is 11.2. The quantitative estimate of drug-likeness (QED) is 0.231. The summed E-state index contributed by atoms with van der Waals surface area (Å²) in [5.41, 5.74) is 8.61. The first-order valence-electron chi connectivity index (χ1n) is 15.3. The summed E-state index contributed by atoms with van der Waals surface area (Å²) in [6.45, 7) is 12.5. The Labute approximate surface area is 244 Å². The van der Waals surface area contributed by atoms with Gasteiger partial charge < -0.3 is 15.2 Å². The van der Waals surface area contributed by atoms with Crippen molar-refractivity contribution < 1.29 is 4.79 Å². The average Bonchev–Trinajstić information content (AvgIpc) is 3.67. The lowest BCUT2D eigenvalue weighted by Gasteiger charge is -2.32. The summed E-state index contributed by atoms with van der Waals surface area (Å²) in [5, 5.41) is 4.86. The molecule has 2 N–H and O–H groups in total. The SMILES string of the molecule is Cc1cc(C)cc(-c2[nH]c3cnc(C(C)(C)C(=O)N4C5CCC4CC5)cc3c2[C@H](C)CNCCc2ccncc2)c1. The summed E-state index contributed by atoms with van der Waals surface area (Å²) in [6, 6.07) is 13.9. The molecule has 0 saturated carbocycles. The third kappa shape index (κ3) is 5.30. The molecule has 2 aliphatic rings. The minimum atomic E-state index is -0.681. The van der Waals surface area contributed by atoms with Crippen LogP contribution in [0.15, 0.2) is 55.0 Å². The van der Waals surface area contributed by atoms with E-state index >= 15 is 0 Å². The number of amides is 1. The summed E-state index contributed by atoms with van der Waals surface area (Å²) in [5.74, 6) is 0.479. The molecule has 0 spiro atoms. The predicted molar refractivity (Wildman–Crippen MR) is 166 cm³/mol. The van der Waals surface area contributed by atoms with E-state index in [2.05, 4.69) is 91.2 Å². The van der Waals surface area contributed by atoms with E-state index in [1.807, 2.05) is 18.6 Å². The monoisotopic (exact) mass is 549 g/mol. The van der Waals surface area contributed by atoms with E-state index in [1.54, 1.807) is 0 Å². The molecule has 2 bridgehead atoms. The minimum Gasteiger partial charge on any atom is -0.353 e. The number of nitrogens with one attached hydrogen (secondary N) is 2. The standard InChI is InChI=1S/C35H43N5O/c1-22-16-23(2)18-26(17-22)33-32(24(3)20-37-15-12-25-10-13-36-14-11-25)29-19-31(38-21-30(29)39-33)35(4,5)34(41)40-27-6-7-28(40)9-8-27/h10-11,13-14,16-19,21,24,27-28,37,39H,6-9,12,15,20H2,1-5H3/t24-,27?,28?/m1/s1. The summed E-state index contributed by atoms with van der Waals surface area (Å²) in [7, 11) is 0. The van der Waals surface area contributed by atoms with Crippen LogP contribution in [0, 0.1) is 13.8 Å². The smallest absolute Gasteiger partial charge is 0.234 e. The number of benzene rings is 1. The Morgan fingerprint density at radius 1 is 1.05 bits per heavy atom. The van der Waals surface area contributed by atoms with Gasteiger partial charge in [0.05, 0.1) is 28.5 Å². The molecule has 2 saturated heterocycles. The van der Waals surface area contributed by atoms with Gasteiger partial charge in [0.15, 0.2) is 0 Å². The summed E-state index contributed by atoms with van der Waals surface area (Å²) in [4.78, 5) is 28.9. The second-order valence-corrected chi connectivity index (χ2v) is 12.9. The third-order valence-electron chi connectivity index (χ3n) is 9.38. The van der Waals surface area contributed by atoms with E-state index in [9.17, 15) is 4.79 Å². The molecular formula is C35H43N5O. The minimum absolute atomic E-state index is 0.229. The third-order valence-corrected chi connectivity index (χ3v) is 9.38. The molecule has 4 aromatic rings. The Kier molecular flexibility index (Phi) is 7.45. The number of carbonyl (C=O) groups excluding carboxylic acids is 1. The van der Waals surface area contributed by atoms with E-state index in [4.69, 9.17) is 4.98 Å². The molecule has 6 nitrogen and oxygen atoms in total. The largest absolute Gasteiger partial charge is 0.353 e. The predicted octanol–water partition coefficient (Wildman–Crippen LogP) is 6.61. The van der Waals surface area contributed by atoms with Crippen LogP contribution in [-0.4, -0.2) is 50.9 Å². The number of rotatable bonds is 9. The van der Waals surface area contributed by atoms with E-state index in [-0.39, 0.29) is 11.8 Å². The number of fused-ring (bicyclic) bond motifs is 3. The maximum Gasteiger partial charge on any atom is 0.234 e. The number of aromatic nitrogens is 3. The molecule has 0 aliphatic carbocycles. The van der Waals surface area contributed by atoms with Gasteiger partial charge in [-0.25, -0.2) is 0 Å². The van der Waals surface area contributed by atoms with Gasteiger partial charge in [-0.15, -0.1) is 0 Å². The molecule has 0 radical (unpaired) electrons. The molecule has 5 heterocycles. The lowest BCUT2D eigenvalue weighted by Crippen LogP contribution is -2.46. The zero-order valence-electron chi connectivity index (χ0n) is 25.1. The van der Waals surface area contributed by atoms with Gasteiger partial charge in [0, 0.05) is 36.4 Å². The maximum absolute atomic E-state index is 13.9. The van der Waals surface area contributed by atoms with Gasteiger partial charge in [0.25, 0.3) is 0 Å². The molecule has 214 valence electrons. The molecule has 1 atom stereocenters. The maximum atomic E-state index is 13.9. The molecule has 2 fully saturated rings. The van der Waals surface area contributed by atoms with Crippen LogP contribution in [0.5, 0.6) is 0 Å². The Hall–Kier alpha value is -3.51. The van der Waals surface area contributed by atoms with E-state index in [0.29, 0.717) is 12.1 Å². The van der Waals surface area contributed by atoms with Crippen LogP contribution in [0.25, 0.3) is 22.2 Å². The van der Waals surface area contributed by atoms with Crippen LogP contribution in [0.4, 0.5) is 0 Å². The average molecular weight is 550 g/mol. The lowest BCUT2D eigenvalue weighted by molar-refractivity contribution is -0.137. The van der Waals surface area contributed by atoms with Gasteiger partial charge in [-0.3, -0.25) is 14.8 Å². The van der Waals surface area contributed by atoms with Crippen molar-refractivity contribution in [2.45, 2.75) is 90.1 Å². The Bertz CT molecular complexity index is 1520. The first kappa shape index (κ1) is 27.6. The Morgan fingerprint density at radius 2 is 1.71 bits per heavy atom. The first-order chi connectivity index (χ1) is 19.7. The van der Waals surface area contributed by atoms with Crippen molar-refractivity contribution in [3.63, 3.8) is 0 Å². The van der Waals surface area contributed by atoms with Crippen molar-refractivity contribution in [2.75, 3.05) is 13.1 Å². The Morgan fingerprint density at radius 3 is 2.37 bits per heavy atom. The van der Waals surface area contributed by atoms with Crippen LogP contribution in [0.2, 0.25) is 0 Å². The highest BCUT2D eigenvalue weighted by Gasteiger charge is 2.47. The van der Waals surface area contributed by atoms with Crippen LogP contribution in [-0.2, 0) is 16.6 Å². The molecular weight excluding hydrogens is 506 g/mol.